The molecule has 0 amide bonds. The van der Waals surface area contributed by atoms with Gasteiger partial charge in [-0.1, -0.05) is 35.6 Å². The normalized spacial score (nSPS) is 14.4. The smallest absolute Gasteiger partial charge is 0.307 e. The highest BCUT2D eigenvalue weighted by atomic mass is 35.5. The van der Waals surface area contributed by atoms with E-state index in [9.17, 15) is 4.79 Å². The molecule has 1 fully saturated rings. The maximum atomic E-state index is 12.0. The summed E-state index contributed by atoms with van der Waals surface area (Å²) in [6.45, 7) is 4.01. The predicted octanol–water partition coefficient (Wildman–Crippen LogP) is 2.70. The van der Waals surface area contributed by atoms with Crippen LogP contribution in [0.4, 0.5) is 17.3 Å². The van der Waals surface area contributed by atoms with Crippen LogP contribution in [0.5, 0.6) is 0 Å². The van der Waals surface area contributed by atoms with Crippen LogP contribution in [-0.4, -0.2) is 25.2 Å². The van der Waals surface area contributed by atoms with E-state index < -0.39 is 0 Å². The van der Waals surface area contributed by atoms with E-state index in [2.05, 4.69) is 22.3 Å². The quantitative estimate of drug-likeness (QED) is 0.501. The third kappa shape index (κ3) is 3.59. The van der Waals surface area contributed by atoms with Crippen LogP contribution in [0.2, 0.25) is 5.02 Å². The number of nitrogens with zero attached hydrogens (tertiary/aromatic N) is 4. The lowest BCUT2D eigenvalue weighted by Gasteiger charge is -2.11. The molecule has 0 saturated heterocycles. The molecular weight excluding hydrogens is 420 g/mol. The number of thiazole rings is 1. The maximum absolute atomic E-state index is 12.0. The van der Waals surface area contributed by atoms with E-state index in [1.807, 2.05) is 36.4 Å². The Morgan fingerprint density at radius 3 is 2.87 bits per heavy atom. The first kappa shape index (κ1) is 18.9. The Bertz CT molecular complexity index is 1430. The zero-order valence-electron chi connectivity index (χ0n) is 16.2. The van der Waals surface area contributed by atoms with Gasteiger partial charge in [0.25, 0.3) is 0 Å². The summed E-state index contributed by atoms with van der Waals surface area (Å²) in [7, 11) is 1.72. The molecule has 152 valence electrons. The molecule has 1 saturated carbocycles. The molecule has 1 aromatic carbocycles. The first-order valence-electron chi connectivity index (χ1n) is 9.52. The molecule has 7 nitrogen and oxygen atoms in total. The summed E-state index contributed by atoms with van der Waals surface area (Å²) >= 11 is 7.28. The lowest BCUT2D eigenvalue weighted by Crippen LogP contribution is -2.28. The molecule has 1 aliphatic rings. The summed E-state index contributed by atoms with van der Waals surface area (Å²) in [6.07, 6.45) is 5.95. The summed E-state index contributed by atoms with van der Waals surface area (Å²) < 4.78 is 4.13. The lowest BCUT2D eigenvalue weighted by molar-refractivity contribution is 0.860. The molecule has 4 aromatic rings. The fourth-order valence-corrected chi connectivity index (χ4v) is 4.22. The second kappa shape index (κ2) is 7.30. The van der Waals surface area contributed by atoms with Gasteiger partial charge in [0.05, 0.1) is 16.1 Å². The predicted molar refractivity (Wildman–Crippen MR) is 122 cm³/mol. The summed E-state index contributed by atoms with van der Waals surface area (Å²) in [5.74, 6) is 1.54. The number of anilines is 3. The highest BCUT2D eigenvalue weighted by Gasteiger charge is 2.23. The SMILES string of the molecule is C=c1/c(=C/c2cnn3c(NC4CC4)cc(Nc4cccc(Cl)c4)nc23)sc(=O)n1C. The number of nitrogens with one attached hydrogen (secondary N) is 2. The number of benzene rings is 1. The fourth-order valence-electron chi connectivity index (χ4n) is 3.15. The van der Waals surface area contributed by atoms with Crippen molar-refractivity contribution >= 4 is 58.6 Å². The number of aromatic nitrogens is 4. The first-order valence-corrected chi connectivity index (χ1v) is 10.7. The van der Waals surface area contributed by atoms with Crippen LogP contribution in [0.1, 0.15) is 18.4 Å². The van der Waals surface area contributed by atoms with Crippen molar-refractivity contribution in [3.05, 3.63) is 66.7 Å². The molecule has 3 heterocycles. The van der Waals surface area contributed by atoms with Gasteiger partial charge >= 0.3 is 4.87 Å². The Hall–Kier alpha value is -3.10. The van der Waals surface area contributed by atoms with Crippen molar-refractivity contribution in [3.63, 3.8) is 0 Å². The van der Waals surface area contributed by atoms with Crippen molar-refractivity contribution in [2.24, 2.45) is 7.05 Å². The van der Waals surface area contributed by atoms with Crippen LogP contribution < -0.4 is 25.4 Å². The van der Waals surface area contributed by atoms with E-state index in [0.717, 1.165) is 45.8 Å². The average Bonchev–Trinajstić information content (AvgIpc) is 3.39. The molecule has 9 heteroatoms. The Kier molecular flexibility index (Phi) is 4.60. The molecule has 0 atom stereocenters. The number of halogens is 1. The van der Waals surface area contributed by atoms with Crippen molar-refractivity contribution < 1.29 is 0 Å². The van der Waals surface area contributed by atoms with E-state index in [1.54, 1.807) is 22.3 Å². The second-order valence-corrected chi connectivity index (χ2v) is 8.73. The average molecular weight is 439 g/mol. The summed E-state index contributed by atoms with van der Waals surface area (Å²) in [4.78, 5) is 16.7. The van der Waals surface area contributed by atoms with Crippen LogP contribution >= 0.6 is 22.9 Å². The number of hydrogen-bond donors (Lipinski definition) is 2. The Morgan fingerprint density at radius 2 is 2.17 bits per heavy atom. The minimum atomic E-state index is -0.0462. The van der Waals surface area contributed by atoms with Crippen molar-refractivity contribution in [1.82, 2.24) is 19.2 Å². The minimum Gasteiger partial charge on any atom is -0.367 e. The van der Waals surface area contributed by atoms with Gasteiger partial charge in [0.2, 0.25) is 0 Å². The van der Waals surface area contributed by atoms with Crippen molar-refractivity contribution in [2.45, 2.75) is 18.9 Å². The van der Waals surface area contributed by atoms with E-state index in [1.165, 1.54) is 0 Å². The molecule has 3 aromatic heterocycles. The molecule has 0 unspecified atom stereocenters. The van der Waals surface area contributed by atoms with E-state index in [-0.39, 0.29) is 4.87 Å². The van der Waals surface area contributed by atoms with Crippen LogP contribution in [0.3, 0.4) is 0 Å². The molecular formula is C21H19ClN6OS. The molecule has 2 N–H and O–H groups in total. The fraction of sp³-hybridized carbons (Fsp3) is 0.190. The second-order valence-electron chi connectivity index (χ2n) is 7.30. The molecule has 0 aliphatic heterocycles. The van der Waals surface area contributed by atoms with Gasteiger partial charge in [0, 0.05) is 35.4 Å². The molecule has 1 aliphatic carbocycles. The van der Waals surface area contributed by atoms with Gasteiger partial charge in [-0.3, -0.25) is 4.79 Å². The van der Waals surface area contributed by atoms with Crippen molar-refractivity contribution in [1.29, 1.82) is 0 Å². The standard InChI is InChI=1S/C21H19ClN6OS/c1-12-17(30-21(29)27(12)2)8-13-11-23-28-19(25-15-6-7-15)10-18(26-20(13)28)24-16-5-3-4-14(22)9-16/h3-5,8-11,15,25H,1,6-7H2,2H3,(H,24,26)/b17-8-. The van der Waals surface area contributed by atoms with Crippen LogP contribution in [-0.2, 0) is 7.05 Å². The van der Waals surface area contributed by atoms with Gasteiger partial charge in [-0.15, -0.1) is 0 Å². The van der Waals surface area contributed by atoms with E-state index in [4.69, 9.17) is 16.6 Å². The van der Waals surface area contributed by atoms with Gasteiger partial charge in [-0.05, 0) is 37.1 Å². The highest BCUT2D eigenvalue weighted by Crippen LogP contribution is 2.28. The van der Waals surface area contributed by atoms with Crippen LogP contribution in [0, 0.1) is 0 Å². The van der Waals surface area contributed by atoms with Crippen molar-refractivity contribution in [3.8, 4) is 0 Å². The monoisotopic (exact) mass is 438 g/mol. The van der Waals surface area contributed by atoms with Gasteiger partial charge in [-0.25, -0.2) is 4.98 Å². The van der Waals surface area contributed by atoms with Gasteiger partial charge in [-0.2, -0.15) is 9.61 Å². The summed E-state index contributed by atoms with van der Waals surface area (Å²) in [6, 6.07) is 9.90. The van der Waals surface area contributed by atoms with Gasteiger partial charge < -0.3 is 15.2 Å². The van der Waals surface area contributed by atoms with Crippen molar-refractivity contribution in [2.75, 3.05) is 10.6 Å². The largest absolute Gasteiger partial charge is 0.367 e. The van der Waals surface area contributed by atoms with E-state index in [0.29, 0.717) is 27.9 Å². The third-order valence-corrected chi connectivity index (χ3v) is 6.23. The van der Waals surface area contributed by atoms with Crippen LogP contribution in [0.15, 0.2) is 41.3 Å². The molecule has 0 bridgehead atoms. The minimum absolute atomic E-state index is 0.0462. The summed E-state index contributed by atoms with van der Waals surface area (Å²) in [5.41, 5.74) is 2.35. The number of hydrogen-bond acceptors (Lipinski definition) is 6. The van der Waals surface area contributed by atoms with E-state index >= 15 is 0 Å². The zero-order valence-corrected chi connectivity index (χ0v) is 17.8. The Balaban J connectivity index is 1.64. The molecule has 0 spiro atoms. The lowest BCUT2D eigenvalue weighted by atomic mass is 10.3. The number of rotatable bonds is 5. The number of fused-ring (bicyclic) bond motifs is 1. The first-order chi connectivity index (χ1) is 14.5. The van der Waals surface area contributed by atoms with Crippen LogP contribution in [0.25, 0.3) is 18.3 Å². The Morgan fingerprint density at radius 1 is 1.33 bits per heavy atom. The molecule has 5 rings (SSSR count). The highest BCUT2D eigenvalue weighted by molar-refractivity contribution is 7.07. The topological polar surface area (TPSA) is 76.2 Å². The van der Waals surface area contributed by atoms with Gasteiger partial charge in [0.15, 0.2) is 5.65 Å². The maximum Gasteiger partial charge on any atom is 0.307 e. The third-order valence-electron chi connectivity index (χ3n) is 4.97. The molecule has 0 radical (unpaired) electrons. The summed E-state index contributed by atoms with van der Waals surface area (Å²) in [5, 5.41) is 12.7. The zero-order chi connectivity index (χ0) is 20.8. The molecule has 30 heavy (non-hydrogen) atoms. The van der Waals surface area contributed by atoms with Gasteiger partial charge in [0.1, 0.15) is 11.6 Å². The Labute approximate surface area is 181 Å².